The Morgan fingerprint density at radius 1 is 1.16 bits per heavy atom. The van der Waals surface area contributed by atoms with E-state index in [1.807, 2.05) is 24.3 Å². The van der Waals surface area contributed by atoms with Gasteiger partial charge in [-0.3, -0.25) is 9.69 Å². The second-order valence-corrected chi connectivity index (χ2v) is 9.88. The van der Waals surface area contributed by atoms with Gasteiger partial charge in [0.1, 0.15) is 5.70 Å². The van der Waals surface area contributed by atoms with Crippen LogP contribution in [-0.4, -0.2) is 28.9 Å². The van der Waals surface area contributed by atoms with Gasteiger partial charge >= 0.3 is 6.03 Å². The molecule has 5 nitrogen and oxygen atoms in total. The molecular formula is C25H27Cl2N3O2. The van der Waals surface area contributed by atoms with Gasteiger partial charge < -0.3 is 10.2 Å². The number of hydrogen-bond acceptors (Lipinski definition) is 3. The number of nitrogens with one attached hydrogen (secondary N) is 1. The molecule has 2 heterocycles. The average Bonchev–Trinajstić information content (AvgIpc) is 2.98. The van der Waals surface area contributed by atoms with Crippen molar-refractivity contribution in [2.75, 3.05) is 11.4 Å². The molecule has 2 aromatic carbocycles. The van der Waals surface area contributed by atoms with E-state index in [9.17, 15) is 9.59 Å². The standard InChI is InChI=1S/C25H27Cl2N3O2/c1-5-30-22-12-20(27)17(10-18(22)15(2)13-25(30,3)4)11-21-23(31)29(24(32)28-21)14-16-8-6-7-9-19(16)26/h6-12,15H,5,13-14H2,1-4H3,(H,28,32)/b21-11+. The first-order valence-corrected chi connectivity index (χ1v) is 11.6. The van der Waals surface area contributed by atoms with E-state index in [0.717, 1.165) is 29.1 Å². The van der Waals surface area contributed by atoms with Crippen LogP contribution in [0.4, 0.5) is 10.5 Å². The third-order valence-corrected chi connectivity index (χ3v) is 7.06. The Morgan fingerprint density at radius 3 is 2.56 bits per heavy atom. The summed E-state index contributed by atoms with van der Waals surface area (Å²) < 4.78 is 0. The average molecular weight is 472 g/mol. The van der Waals surface area contributed by atoms with E-state index >= 15 is 0 Å². The number of fused-ring (bicyclic) bond motifs is 1. The van der Waals surface area contributed by atoms with Crippen LogP contribution in [0.15, 0.2) is 42.1 Å². The molecule has 3 amide bonds. The first-order chi connectivity index (χ1) is 15.1. The zero-order valence-corrected chi connectivity index (χ0v) is 20.2. The second-order valence-electron chi connectivity index (χ2n) is 9.07. The lowest BCUT2D eigenvalue weighted by atomic mass is 9.79. The van der Waals surface area contributed by atoms with Gasteiger partial charge in [0, 0.05) is 27.8 Å². The SMILES string of the molecule is CCN1c2cc(Cl)c(/C=C3/NC(=O)N(Cc4ccccc4Cl)C3=O)cc2C(C)CC1(C)C. The van der Waals surface area contributed by atoms with E-state index in [0.29, 0.717) is 21.5 Å². The molecular weight excluding hydrogens is 445 g/mol. The number of anilines is 1. The topological polar surface area (TPSA) is 52.7 Å². The van der Waals surface area contributed by atoms with E-state index in [1.54, 1.807) is 18.2 Å². The van der Waals surface area contributed by atoms with Crippen LogP contribution in [0.1, 0.15) is 56.7 Å². The van der Waals surface area contributed by atoms with Gasteiger partial charge in [0.15, 0.2) is 0 Å². The minimum atomic E-state index is -0.470. The molecule has 1 saturated heterocycles. The van der Waals surface area contributed by atoms with Crippen molar-refractivity contribution in [1.29, 1.82) is 0 Å². The van der Waals surface area contributed by atoms with Gasteiger partial charge in [-0.15, -0.1) is 0 Å². The van der Waals surface area contributed by atoms with E-state index in [1.165, 1.54) is 5.56 Å². The Hall–Kier alpha value is -2.50. The summed E-state index contributed by atoms with van der Waals surface area (Å²) in [5.74, 6) is -0.0455. The first kappa shape index (κ1) is 22.7. The van der Waals surface area contributed by atoms with Gasteiger partial charge in [-0.1, -0.05) is 48.3 Å². The molecule has 2 aliphatic rings. The molecule has 1 N–H and O–H groups in total. The van der Waals surface area contributed by atoms with Gasteiger partial charge in [0.2, 0.25) is 0 Å². The number of nitrogens with zero attached hydrogens (tertiary/aromatic N) is 2. The summed E-state index contributed by atoms with van der Waals surface area (Å²) in [5.41, 5.74) is 4.01. The first-order valence-electron chi connectivity index (χ1n) is 10.8. The molecule has 2 aliphatic heterocycles. The quantitative estimate of drug-likeness (QED) is 0.426. The maximum atomic E-state index is 13.0. The van der Waals surface area contributed by atoms with Gasteiger partial charge in [0.25, 0.3) is 5.91 Å². The number of amides is 3. The van der Waals surface area contributed by atoms with Crippen LogP contribution in [0.5, 0.6) is 0 Å². The van der Waals surface area contributed by atoms with Crippen molar-refractivity contribution in [2.24, 2.45) is 0 Å². The number of halogens is 2. The summed E-state index contributed by atoms with van der Waals surface area (Å²) in [6.07, 6.45) is 2.69. The van der Waals surface area contributed by atoms with Crippen LogP contribution < -0.4 is 10.2 Å². The fourth-order valence-electron chi connectivity index (χ4n) is 4.90. The van der Waals surface area contributed by atoms with E-state index in [-0.39, 0.29) is 17.8 Å². The Balaban J connectivity index is 1.66. The molecule has 0 saturated carbocycles. The predicted octanol–water partition coefficient (Wildman–Crippen LogP) is 6.20. The van der Waals surface area contributed by atoms with Crippen molar-refractivity contribution in [3.63, 3.8) is 0 Å². The summed E-state index contributed by atoms with van der Waals surface area (Å²) >= 11 is 12.9. The molecule has 0 aromatic heterocycles. The number of hydrogen-bond donors (Lipinski definition) is 1. The van der Waals surface area contributed by atoms with Crippen molar-refractivity contribution < 1.29 is 9.59 Å². The number of urea groups is 1. The molecule has 32 heavy (non-hydrogen) atoms. The molecule has 2 aromatic rings. The van der Waals surface area contributed by atoms with Crippen molar-refractivity contribution in [3.8, 4) is 0 Å². The number of carbonyl (C=O) groups excluding carboxylic acids is 2. The minimum Gasteiger partial charge on any atom is -0.366 e. The molecule has 168 valence electrons. The van der Waals surface area contributed by atoms with Gasteiger partial charge in [-0.05, 0) is 74.1 Å². The number of rotatable bonds is 4. The van der Waals surface area contributed by atoms with Crippen LogP contribution in [0, 0.1) is 0 Å². The lowest BCUT2D eigenvalue weighted by molar-refractivity contribution is -0.123. The zero-order valence-electron chi connectivity index (χ0n) is 18.7. The van der Waals surface area contributed by atoms with Crippen molar-refractivity contribution >= 4 is 46.9 Å². The summed E-state index contributed by atoms with van der Waals surface area (Å²) in [7, 11) is 0. The predicted molar refractivity (Wildman–Crippen MR) is 130 cm³/mol. The van der Waals surface area contributed by atoms with Crippen LogP contribution in [0.25, 0.3) is 6.08 Å². The second kappa shape index (κ2) is 8.45. The van der Waals surface area contributed by atoms with E-state index in [2.05, 4.69) is 37.9 Å². The molecule has 1 unspecified atom stereocenters. The van der Waals surface area contributed by atoms with Crippen molar-refractivity contribution in [2.45, 2.75) is 52.1 Å². The fraction of sp³-hybridized carbons (Fsp3) is 0.360. The largest absolute Gasteiger partial charge is 0.366 e. The Bertz CT molecular complexity index is 1130. The minimum absolute atomic E-state index is 0.0408. The third kappa shape index (κ3) is 4.00. The maximum Gasteiger partial charge on any atom is 0.329 e. The Kier molecular flexibility index (Phi) is 5.99. The highest BCUT2D eigenvalue weighted by atomic mass is 35.5. The van der Waals surface area contributed by atoms with E-state index in [4.69, 9.17) is 23.2 Å². The molecule has 1 fully saturated rings. The molecule has 0 spiro atoms. The lowest BCUT2D eigenvalue weighted by Gasteiger charge is -2.47. The molecule has 1 atom stereocenters. The Morgan fingerprint density at radius 2 is 1.88 bits per heavy atom. The maximum absolute atomic E-state index is 13.0. The summed E-state index contributed by atoms with van der Waals surface area (Å²) in [5, 5.41) is 3.74. The van der Waals surface area contributed by atoms with Gasteiger partial charge in [0.05, 0.1) is 6.54 Å². The number of benzene rings is 2. The highest BCUT2D eigenvalue weighted by molar-refractivity contribution is 6.33. The summed E-state index contributed by atoms with van der Waals surface area (Å²) in [4.78, 5) is 29.0. The molecule has 0 bridgehead atoms. The lowest BCUT2D eigenvalue weighted by Crippen LogP contribution is -2.48. The fourth-order valence-corrected chi connectivity index (χ4v) is 5.31. The smallest absolute Gasteiger partial charge is 0.329 e. The Labute approximate surface area is 199 Å². The molecule has 0 radical (unpaired) electrons. The normalized spacial score (nSPS) is 21.2. The van der Waals surface area contributed by atoms with Gasteiger partial charge in [-0.25, -0.2) is 4.79 Å². The highest BCUT2D eigenvalue weighted by Gasteiger charge is 2.37. The van der Waals surface area contributed by atoms with Crippen LogP contribution in [0.2, 0.25) is 10.0 Å². The zero-order chi connectivity index (χ0) is 23.2. The van der Waals surface area contributed by atoms with E-state index < -0.39 is 11.9 Å². The molecule has 4 rings (SSSR count). The summed E-state index contributed by atoms with van der Waals surface area (Å²) in [6, 6.07) is 10.7. The molecule has 7 heteroatoms. The number of carbonyl (C=O) groups is 2. The van der Waals surface area contributed by atoms with Crippen LogP contribution in [0.3, 0.4) is 0 Å². The van der Waals surface area contributed by atoms with Gasteiger partial charge in [-0.2, -0.15) is 0 Å². The monoisotopic (exact) mass is 471 g/mol. The van der Waals surface area contributed by atoms with Crippen molar-refractivity contribution in [3.05, 3.63) is 68.8 Å². The molecule has 0 aliphatic carbocycles. The summed E-state index contributed by atoms with van der Waals surface area (Å²) in [6.45, 7) is 9.85. The number of imide groups is 1. The van der Waals surface area contributed by atoms with Crippen LogP contribution >= 0.6 is 23.2 Å². The highest BCUT2D eigenvalue weighted by Crippen LogP contribution is 2.45. The third-order valence-electron chi connectivity index (χ3n) is 6.37. The van der Waals surface area contributed by atoms with Crippen LogP contribution in [-0.2, 0) is 11.3 Å². The van der Waals surface area contributed by atoms with Crippen molar-refractivity contribution in [1.82, 2.24) is 10.2 Å².